The number of ether oxygens (including phenoxy) is 1. The Kier molecular flexibility index (Phi) is 8.17. The Balaban J connectivity index is 1.63. The molecule has 35 heavy (non-hydrogen) atoms. The number of nitrogens with one attached hydrogen (secondary N) is 2. The Morgan fingerprint density at radius 1 is 1.17 bits per heavy atom. The highest BCUT2D eigenvalue weighted by molar-refractivity contribution is 6.12. The van der Waals surface area contributed by atoms with Crippen LogP contribution in [0.2, 0.25) is 0 Å². The Labute approximate surface area is 207 Å². The van der Waals surface area contributed by atoms with Crippen LogP contribution in [0.5, 0.6) is 0 Å². The monoisotopic (exact) mass is 471 g/mol. The van der Waals surface area contributed by atoms with E-state index in [0.717, 1.165) is 43.7 Å². The van der Waals surface area contributed by atoms with Crippen LogP contribution in [0.15, 0.2) is 70.9 Å². The molecule has 1 fully saturated rings. The van der Waals surface area contributed by atoms with Gasteiger partial charge in [0.2, 0.25) is 0 Å². The lowest BCUT2D eigenvalue weighted by molar-refractivity contribution is -0.140. The Morgan fingerprint density at radius 2 is 1.91 bits per heavy atom. The topological polar surface area (TPSA) is 89.8 Å². The third kappa shape index (κ3) is 5.90. The fourth-order valence-corrected chi connectivity index (χ4v) is 4.49. The van der Waals surface area contributed by atoms with E-state index in [0.29, 0.717) is 24.7 Å². The number of piperazine rings is 1. The molecule has 0 radical (unpaired) electrons. The van der Waals surface area contributed by atoms with E-state index in [4.69, 9.17) is 9.73 Å². The molecular formula is C28H33N5O2. The van der Waals surface area contributed by atoms with E-state index < -0.39 is 5.97 Å². The summed E-state index contributed by atoms with van der Waals surface area (Å²) in [5.41, 5.74) is 3.19. The molecule has 182 valence electrons. The van der Waals surface area contributed by atoms with Gasteiger partial charge in [0.15, 0.2) is 11.4 Å². The molecule has 2 aromatic carbocycles. The average molecular weight is 472 g/mol. The number of amidine groups is 1. The first-order valence-electron chi connectivity index (χ1n) is 12.4. The maximum Gasteiger partial charge on any atom is 0.351 e. The van der Waals surface area contributed by atoms with E-state index in [1.54, 1.807) is 0 Å². The first-order valence-corrected chi connectivity index (χ1v) is 12.4. The van der Waals surface area contributed by atoms with Gasteiger partial charge in [0.25, 0.3) is 0 Å². The first-order chi connectivity index (χ1) is 17.1. The van der Waals surface area contributed by atoms with E-state index >= 15 is 0 Å². The van der Waals surface area contributed by atoms with E-state index in [1.807, 2.05) is 30.3 Å². The summed E-state index contributed by atoms with van der Waals surface area (Å²) in [6.07, 6.45) is 2.73. The summed E-state index contributed by atoms with van der Waals surface area (Å²) in [5, 5.41) is 16.9. The van der Waals surface area contributed by atoms with Crippen LogP contribution in [-0.2, 0) is 16.0 Å². The van der Waals surface area contributed by atoms with Gasteiger partial charge in [-0.05, 0) is 30.0 Å². The van der Waals surface area contributed by atoms with Gasteiger partial charge in [-0.2, -0.15) is 5.26 Å². The van der Waals surface area contributed by atoms with Gasteiger partial charge in [-0.25, -0.2) is 9.79 Å². The van der Waals surface area contributed by atoms with E-state index in [1.165, 1.54) is 5.56 Å². The van der Waals surface area contributed by atoms with Gasteiger partial charge in [-0.1, -0.05) is 69.2 Å². The van der Waals surface area contributed by atoms with Crippen LogP contribution >= 0.6 is 0 Å². The molecule has 0 saturated carbocycles. The molecule has 0 aromatic heterocycles. The van der Waals surface area contributed by atoms with E-state index in [2.05, 4.69) is 59.7 Å². The molecule has 7 nitrogen and oxygen atoms in total. The van der Waals surface area contributed by atoms with Crippen molar-refractivity contribution in [2.45, 2.75) is 39.2 Å². The SMILES string of the molecule is CCC(CC)COC(=O)/C(C#N)=C1\Nc2ccccc2N=C1N1CCNC(Cc2ccccc2)C1. The van der Waals surface area contributed by atoms with Gasteiger partial charge in [-0.15, -0.1) is 0 Å². The van der Waals surface area contributed by atoms with E-state index in [-0.39, 0.29) is 17.5 Å². The normalized spacial score (nSPS) is 18.7. The molecule has 2 N–H and O–H groups in total. The second-order valence-electron chi connectivity index (χ2n) is 9.01. The predicted molar refractivity (Wildman–Crippen MR) is 138 cm³/mol. The highest BCUT2D eigenvalue weighted by atomic mass is 16.5. The molecule has 0 bridgehead atoms. The fourth-order valence-electron chi connectivity index (χ4n) is 4.49. The van der Waals surface area contributed by atoms with E-state index in [9.17, 15) is 10.1 Å². The second-order valence-corrected chi connectivity index (χ2v) is 9.01. The number of benzene rings is 2. The largest absolute Gasteiger partial charge is 0.461 e. The number of anilines is 1. The number of para-hydroxylation sites is 2. The third-order valence-electron chi connectivity index (χ3n) is 6.66. The molecule has 4 rings (SSSR count). The summed E-state index contributed by atoms with van der Waals surface area (Å²) >= 11 is 0. The van der Waals surface area contributed by atoms with Crippen molar-refractivity contribution in [3.63, 3.8) is 0 Å². The van der Waals surface area contributed by atoms with Gasteiger partial charge >= 0.3 is 5.97 Å². The quantitative estimate of drug-likeness (QED) is 0.353. The number of rotatable bonds is 7. The van der Waals surface area contributed by atoms with Crippen molar-refractivity contribution in [1.29, 1.82) is 5.26 Å². The Hall–Kier alpha value is -3.63. The lowest BCUT2D eigenvalue weighted by Gasteiger charge is -2.38. The molecule has 2 aromatic rings. The fraction of sp³-hybridized carbons (Fsp3) is 0.393. The minimum absolute atomic E-state index is 0.0395. The zero-order chi connectivity index (χ0) is 24.6. The smallest absolute Gasteiger partial charge is 0.351 e. The zero-order valence-corrected chi connectivity index (χ0v) is 20.5. The number of esters is 1. The molecule has 1 atom stereocenters. The standard InChI is InChI=1S/C28H33N5O2/c1-3-20(4-2)19-35-28(34)23(17-29)26-27(32-25-13-9-8-12-24(25)31-26)33-15-14-30-22(18-33)16-21-10-6-5-7-11-21/h5-13,20,22,30-31H,3-4,14-16,18-19H2,1-2H3/b26-23-. The number of aliphatic imine (C=N–C) groups is 1. The second kappa shape index (κ2) is 11.7. The number of nitrogens with zero attached hydrogens (tertiary/aromatic N) is 3. The summed E-state index contributed by atoms with van der Waals surface area (Å²) in [4.78, 5) is 20.1. The number of carbonyl (C=O) groups excluding carboxylic acids is 1. The maximum atomic E-state index is 13.0. The zero-order valence-electron chi connectivity index (χ0n) is 20.5. The maximum absolute atomic E-state index is 13.0. The first kappa shape index (κ1) is 24.5. The van der Waals surface area contributed by atoms with Crippen LogP contribution in [0.1, 0.15) is 32.3 Å². The van der Waals surface area contributed by atoms with Crippen molar-refractivity contribution in [2.24, 2.45) is 10.9 Å². The number of nitriles is 1. The van der Waals surface area contributed by atoms with Crippen molar-refractivity contribution in [1.82, 2.24) is 10.2 Å². The third-order valence-corrected chi connectivity index (χ3v) is 6.66. The molecule has 0 amide bonds. The van der Waals surface area contributed by atoms with Crippen LogP contribution < -0.4 is 10.6 Å². The molecule has 2 aliphatic heterocycles. The molecule has 0 spiro atoms. The van der Waals surface area contributed by atoms with Crippen molar-refractivity contribution in [3.8, 4) is 6.07 Å². The minimum Gasteiger partial charge on any atom is -0.461 e. The Morgan fingerprint density at radius 3 is 2.66 bits per heavy atom. The number of hydrogen-bond donors (Lipinski definition) is 2. The highest BCUT2D eigenvalue weighted by Crippen LogP contribution is 2.33. The summed E-state index contributed by atoms with van der Waals surface area (Å²) in [5.74, 6) is 0.285. The van der Waals surface area contributed by atoms with Crippen molar-refractivity contribution in [3.05, 3.63) is 71.4 Å². The van der Waals surface area contributed by atoms with Crippen LogP contribution in [0.3, 0.4) is 0 Å². The lowest BCUT2D eigenvalue weighted by Crippen LogP contribution is -2.54. The van der Waals surface area contributed by atoms with Crippen molar-refractivity contribution < 1.29 is 9.53 Å². The van der Waals surface area contributed by atoms with Crippen LogP contribution in [0.25, 0.3) is 0 Å². The highest BCUT2D eigenvalue weighted by Gasteiger charge is 2.31. The minimum atomic E-state index is -0.607. The molecule has 7 heteroatoms. The molecule has 2 heterocycles. The number of hydrogen-bond acceptors (Lipinski definition) is 7. The van der Waals surface area contributed by atoms with Crippen molar-refractivity contribution in [2.75, 3.05) is 31.6 Å². The lowest BCUT2D eigenvalue weighted by atomic mass is 10.0. The summed E-state index contributed by atoms with van der Waals surface area (Å²) in [7, 11) is 0. The van der Waals surface area contributed by atoms with Gasteiger partial charge < -0.3 is 20.3 Å². The van der Waals surface area contributed by atoms with Crippen LogP contribution in [0.4, 0.5) is 11.4 Å². The van der Waals surface area contributed by atoms with Gasteiger partial charge in [-0.3, -0.25) is 0 Å². The number of fused-ring (bicyclic) bond motifs is 1. The van der Waals surface area contributed by atoms with Gasteiger partial charge in [0, 0.05) is 25.7 Å². The van der Waals surface area contributed by atoms with Crippen molar-refractivity contribution >= 4 is 23.2 Å². The summed E-state index contributed by atoms with van der Waals surface area (Å²) in [6.45, 7) is 6.67. The summed E-state index contributed by atoms with van der Waals surface area (Å²) < 4.78 is 5.57. The molecule has 1 unspecified atom stereocenters. The predicted octanol–water partition coefficient (Wildman–Crippen LogP) is 4.42. The molecular weight excluding hydrogens is 438 g/mol. The van der Waals surface area contributed by atoms with Crippen LogP contribution in [-0.4, -0.2) is 49.0 Å². The van der Waals surface area contributed by atoms with Gasteiger partial charge in [0.05, 0.1) is 18.0 Å². The van der Waals surface area contributed by atoms with Gasteiger partial charge in [0.1, 0.15) is 11.8 Å². The molecule has 1 saturated heterocycles. The average Bonchev–Trinajstić information content (AvgIpc) is 2.90. The van der Waals surface area contributed by atoms with Crippen LogP contribution in [0, 0.1) is 17.2 Å². The molecule has 2 aliphatic rings. The molecule has 0 aliphatic carbocycles. The number of carbonyl (C=O) groups is 1. The Bertz CT molecular complexity index is 1130. The summed E-state index contributed by atoms with van der Waals surface area (Å²) in [6, 6.07) is 20.4.